The van der Waals surface area contributed by atoms with Crippen molar-refractivity contribution in [2.24, 2.45) is 0 Å². The maximum Gasteiger partial charge on any atom is 0.499 e. The molecule has 0 fully saturated rings. The number of hydrogen-bond donors (Lipinski definition) is 1. The van der Waals surface area contributed by atoms with E-state index in [0.29, 0.717) is 0 Å². The van der Waals surface area contributed by atoms with Gasteiger partial charge in [-0.2, -0.15) is 65.9 Å². The summed E-state index contributed by atoms with van der Waals surface area (Å²) in [6.07, 6.45) is -39.4. The van der Waals surface area contributed by atoms with Gasteiger partial charge in [0.1, 0.15) is 11.4 Å². The number of halogens is 15. The first kappa shape index (κ1) is 28.3. The van der Waals surface area contributed by atoms with Gasteiger partial charge in [0.25, 0.3) is 0 Å². The van der Waals surface area contributed by atoms with Gasteiger partial charge in [-0.1, -0.05) is 0 Å². The van der Waals surface area contributed by atoms with E-state index in [0.717, 1.165) is 0 Å². The molecule has 33 heavy (non-hydrogen) atoms. The van der Waals surface area contributed by atoms with Crippen LogP contribution in [0.4, 0.5) is 71.5 Å². The fourth-order valence-electron chi connectivity index (χ4n) is 1.56. The number of anilines is 1. The lowest BCUT2D eigenvalue weighted by atomic mass is 10.2. The van der Waals surface area contributed by atoms with Crippen molar-refractivity contribution in [2.75, 3.05) is 5.23 Å². The summed E-state index contributed by atoms with van der Waals surface area (Å²) in [5.41, 5.74) is -2.56. The number of alkyl halides is 15. The van der Waals surface area contributed by atoms with Gasteiger partial charge in [-0.3, -0.25) is 5.21 Å². The molecule has 0 spiro atoms. The zero-order chi connectivity index (χ0) is 26.4. The molecule has 1 aromatic rings. The molecule has 0 saturated heterocycles. The van der Waals surface area contributed by atoms with Crippen LogP contribution in [0.5, 0.6) is 17.2 Å². The van der Waals surface area contributed by atoms with Crippen LogP contribution in [0.15, 0.2) is 12.1 Å². The maximum atomic E-state index is 13.1. The number of rotatable bonds is 7. The largest absolute Gasteiger partial charge is 0.733 e. The van der Waals surface area contributed by atoms with E-state index >= 15 is 0 Å². The highest BCUT2D eigenvalue weighted by atomic mass is 19.4. The molecule has 0 saturated carbocycles. The van der Waals surface area contributed by atoms with Crippen molar-refractivity contribution in [1.29, 1.82) is 0 Å². The smallest absolute Gasteiger partial charge is 0.499 e. The Bertz CT molecular complexity index is 796. The number of benzene rings is 1. The molecule has 0 atom stereocenters. The van der Waals surface area contributed by atoms with Crippen LogP contribution in [0, 0.1) is 5.21 Å². The van der Waals surface area contributed by atoms with E-state index in [1.54, 1.807) is 0 Å². The average molecular weight is 526 g/mol. The molecule has 192 valence electrons. The molecule has 0 unspecified atom stereocenters. The highest BCUT2D eigenvalue weighted by Gasteiger charge is 2.64. The fraction of sp³-hybridized carbons (Fsp3) is 0.500. The highest BCUT2D eigenvalue weighted by molar-refractivity contribution is 5.69. The van der Waals surface area contributed by atoms with Gasteiger partial charge in [0.2, 0.25) is 0 Å². The summed E-state index contributed by atoms with van der Waals surface area (Å²) in [4.78, 5) is 0. The molecule has 0 heterocycles. The molecule has 0 bridgehead atoms. The maximum absolute atomic E-state index is 13.1. The lowest BCUT2D eigenvalue weighted by molar-refractivity contribution is -0.363. The van der Waals surface area contributed by atoms with E-state index in [9.17, 15) is 71.1 Å². The third-order valence-corrected chi connectivity index (χ3v) is 2.92. The van der Waals surface area contributed by atoms with Crippen molar-refractivity contribution in [3.8, 4) is 17.2 Å². The lowest BCUT2D eigenvalue weighted by Gasteiger charge is -2.31. The molecule has 0 aromatic heterocycles. The van der Waals surface area contributed by atoms with Gasteiger partial charge < -0.3 is 24.6 Å². The quantitative estimate of drug-likeness (QED) is 0.348. The predicted molar refractivity (Wildman–Crippen MR) is 69.0 cm³/mol. The predicted octanol–water partition coefficient (Wildman–Crippen LogP) is 5.98. The minimum atomic E-state index is -6.74. The minimum Gasteiger partial charge on any atom is -0.733 e. The number of ether oxygens (including phenoxy) is 3. The van der Waals surface area contributed by atoms with Crippen LogP contribution < -0.4 is 19.4 Å². The summed E-state index contributed by atoms with van der Waals surface area (Å²) >= 11 is 0. The van der Waals surface area contributed by atoms with E-state index < -0.39 is 77.1 Å². The second-order valence-corrected chi connectivity index (χ2v) is 5.39. The Morgan fingerprint density at radius 3 is 1.09 bits per heavy atom. The Hall–Kier alpha value is -2.71. The first-order valence-electron chi connectivity index (χ1n) is 7.07. The van der Waals surface area contributed by atoms with Gasteiger partial charge in [0.05, 0.1) is 0 Å². The molecule has 1 aromatic carbocycles. The van der Waals surface area contributed by atoms with E-state index in [4.69, 9.17) is 5.21 Å². The first-order chi connectivity index (χ1) is 14.3. The van der Waals surface area contributed by atoms with Crippen LogP contribution in [0.1, 0.15) is 0 Å². The van der Waals surface area contributed by atoms with E-state index in [1.165, 1.54) is 0 Å². The third kappa shape index (κ3) is 6.21. The molecular formula is C12H3F15NO5-. The van der Waals surface area contributed by atoms with E-state index in [-0.39, 0.29) is 0 Å². The van der Waals surface area contributed by atoms with Gasteiger partial charge in [0, 0.05) is 12.1 Å². The van der Waals surface area contributed by atoms with Crippen LogP contribution in [0.25, 0.3) is 0 Å². The molecular weight excluding hydrogens is 523 g/mol. The number of nitrogens with zero attached hydrogens (tertiary/aromatic N) is 1. The minimum absolute atomic E-state index is 0.825. The van der Waals surface area contributed by atoms with Gasteiger partial charge in [-0.05, 0) is 0 Å². The van der Waals surface area contributed by atoms with Crippen molar-refractivity contribution >= 4 is 5.69 Å². The summed E-state index contributed by atoms with van der Waals surface area (Å²) in [5, 5.41) is 17.7. The second-order valence-electron chi connectivity index (χ2n) is 5.39. The van der Waals surface area contributed by atoms with Crippen LogP contribution in [0.3, 0.4) is 0 Å². The van der Waals surface area contributed by atoms with Crippen molar-refractivity contribution in [3.05, 3.63) is 17.3 Å². The van der Waals surface area contributed by atoms with Crippen molar-refractivity contribution in [1.82, 2.24) is 0 Å². The monoisotopic (exact) mass is 526 g/mol. The molecule has 0 amide bonds. The van der Waals surface area contributed by atoms with Crippen LogP contribution in [-0.2, 0) is 0 Å². The summed E-state index contributed by atoms with van der Waals surface area (Å²) in [7, 11) is 0. The van der Waals surface area contributed by atoms with Crippen molar-refractivity contribution in [2.45, 2.75) is 36.9 Å². The Balaban J connectivity index is 3.80. The average Bonchev–Trinajstić information content (AvgIpc) is 2.49. The fourth-order valence-corrected chi connectivity index (χ4v) is 1.56. The molecule has 0 aliphatic heterocycles. The Labute approximate surface area is 169 Å². The third-order valence-electron chi connectivity index (χ3n) is 2.92. The van der Waals surface area contributed by atoms with Gasteiger partial charge in [-0.25, -0.2) is 0 Å². The molecule has 21 heteroatoms. The molecule has 1 N–H and O–H groups in total. The zero-order valence-corrected chi connectivity index (χ0v) is 14.4. The van der Waals surface area contributed by atoms with Gasteiger partial charge >= 0.3 is 36.9 Å². The van der Waals surface area contributed by atoms with Gasteiger partial charge in [0.15, 0.2) is 11.5 Å². The topological polar surface area (TPSA) is 74.2 Å². The van der Waals surface area contributed by atoms with Crippen LogP contribution in [0.2, 0.25) is 0 Å². The van der Waals surface area contributed by atoms with Gasteiger partial charge in [-0.15, -0.1) is 0 Å². The molecule has 0 aliphatic rings. The molecule has 0 aliphatic carbocycles. The SMILES string of the molecule is [O-]N(O)c1c(OC(F)(F)C(F)(F)F)cc(OC(F)(F)C(F)(F)F)cc1OC(F)(F)C(F)(F)F. The van der Waals surface area contributed by atoms with E-state index in [1.807, 2.05) is 0 Å². The highest BCUT2D eigenvalue weighted by Crippen LogP contribution is 2.50. The van der Waals surface area contributed by atoms with Crippen molar-refractivity contribution < 1.29 is 85.3 Å². The second kappa shape index (κ2) is 8.25. The lowest BCUT2D eigenvalue weighted by Crippen LogP contribution is -2.43. The summed E-state index contributed by atoms with van der Waals surface area (Å²) in [5.74, 6) is -7.71. The van der Waals surface area contributed by atoms with Crippen LogP contribution >= 0.6 is 0 Å². The standard InChI is InChI=1S/C12H3F15NO5/c13-7(14,15)10(22,23)31-3-1-4(32-11(24,25)8(16,17)18)6(28(29)30)5(2-3)33-12(26,27)9(19,20)21/h1-2,29H/q-1. The normalized spacial score (nSPS) is 14.2. The Morgan fingerprint density at radius 2 is 0.848 bits per heavy atom. The molecule has 0 radical (unpaired) electrons. The zero-order valence-electron chi connectivity index (χ0n) is 14.4. The van der Waals surface area contributed by atoms with Crippen LogP contribution in [-0.4, -0.2) is 42.1 Å². The first-order valence-corrected chi connectivity index (χ1v) is 7.07. The Morgan fingerprint density at radius 1 is 0.576 bits per heavy atom. The molecule has 1 rings (SSSR count). The number of hydrogen-bond acceptors (Lipinski definition) is 6. The van der Waals surface area contributed by atoms with Crippen molar-refractivity contribution in [3.63, 3.8) is 0 Å². The summed E-state index contributed by atoms with van der Waals surface area (Å²) in [6.45, 7) is 0. The van der Waals surface area contributed by atoms with E-state index in [2.05, 4.69) is 14.2 Å². The summed E-state index contributed by atoms with van der Waals surface area (Å²) < 4.78 is 197. The Kier molecular flexibility index (Phi) is 7.08. The molecule has 6 nitrogen and oxygen atoms in total. The summed E-state index contributed by atoms with van der Waals surface area (Å²) in [6, 6.07) is -1.65.